The third-order valence-electron chi connectivity index (χ3n) is 2.95. The highest BCUT2D eigenvalue weighted by Crippen LogP contribution is 2.62. The van der Waals surface area contributed by atoms with Gasteiger partial charge in [-0.25, -0.2) is 4.90 Å². The van der Waals surface area contributed by atoms with Crippen LogP contribution in [0.25, 0.3) is 0 Å². The van der Waals surface area contributed by atoms with E-state index in [0.29, 0.717) is 0 Å². The second-order valence-electron chi connectivity index (χ2n) is 4.63. The highest BCUT2D eigenvalue weighted by molar-refractivity contribution is 5.15. The summed E-state index contributed by atoms with van der Waals surface area (Å²) in [5.74, 6) is -7.71. The van der Waals surface area contributed by atoms with Crippen LogP contribution in [0.5, 0.6) is 0 Å². The lowest BCUT2D eigenvalue weighted by Gasteiger charge is -2.53. The van der Waals surface area contributed by atoms with Gasteiger partial charge in [0.25, 0.3) is 5.76 Å². The van der Waals surface area contributed by atoms with E-state index in [0.717, 1.165) is 0 Å². The van der Waals surface area contributed by atoms with Gasteiger partial charge in [0.05, 0.1) is 7.11 Å². The Morgan fingerprint density at radius 3 is 1.26 bits per heavy atom. The predicted molar refractivity (Wildman–Crippen MR) is 50.7 cm³/mol. The summed E-state index contributed by atoms with van der Waals surface area (Å²) in [4.78, 5) is -7.29. The van der Waals surface area contributed by atoms with Crippen molar-refractivity contribution in [1.29, 1.82) is 0 Å². The lowest BCUT2D eigenvalue weighted by Crippen LogP contribution is -2.82. The largest absolute Gasteiger partial charge is 0.489 e. The van der Waals surface area contributed by atoms with Crippen LogP contribution in [0, 0.1) is 0 Å². The summed E-state index contributed by atoms with van der Waals surface area (Å²) < 4.78 is 198. The maximum atomic E-state index is 13.6. The highest BCUT2D eigenvalue weighted by Gasteiger charge is 2.90. The van der Waals surface area contributed by atoms with Crippen molar-refractivity contribution in [1.82, 2.24) is 9.80 Å². The predicted octanol–water partition coefficient (Wildman–Crippen LogP) is 4.84. The Kier molecular flexibility index (Phi) is 5.06. The number of ether oxygens (including phenoxy) is 1. The van der Waals surface area contributed by atoms with E-state index in [-0.39, 0.29) is 7.11 Å². The van der Waals surface area contributed by atoms with Crippen molar-refractivity contribution in [2.45, 2.75) is 36.7 Å². The van der Waals surface area contributed by atoms with Gasteiger partial charge in [-0.3, -0.25) is 0 Å². The van der Waals surface area contributed by atoms with E-state index in [1.807, 2.05) is 0 Å². The highest BCUT2D eigenvalue weighted by atomic mass is 19.4. The molecular weight excluding hydrogens is 437 g/mol. The first-order valence-electron chi connectivity index (χ1n) is 5.79. The summed E-state index contributed by atoms with van der Waals surface area (Å²) >= 11 is 0. The van der Waals surface area contributed by atoms with E-state index in [1.165, 1.54) is 0 Å². The third-order valence-corrected chi connectivity index (χ3v) is 2.95. The summed E-state index contributed by atoms with van der Waals surface area (Å²) in [5, 5.41) is 0. The average Bonchev–Trinajstić information content (AvgIpc) is 2.32. The fourth-order valence-electron chi connectivity index (χ4n) is 1.87. The zero-order valence-corrected chi connectivity index (χ0v) is 12.0. The van der Waals surface area contributed by atoms with Gasteiger partial charge in [-0.05, 0) is 0 Å². The first-order chi connectivity index (χ1) is 11.6. The summed E-state index contributed by atoms with van der Waals surface area (Å²) in [6, 6.07) is -29.2. The third kappa shape index (κ3) is 3.10. The summed E-state index contributed by atoms with van der Waals surface area (Å²) in [6.45, 7) is 0. The molecule has 3 nitrogen and oxygen atoms in total. The van der Waals surface area contributed by atoms with Gasteiger partial charge in [0.15, 0.2) is 0 Å². The normalized spacial score (nSPS) is 25.9. The van der Waals surface area contributed by atoms with Gasteiger partial charge >= 0.3 is 36.7 Å². The lowest BCUT2D eigenvalue weighted by atomic mass is 10.1. The number of methoxy groups -OCH3 is 1. The number of alkyl halides is 14. The zero-order valence-electron chi connectivity index (χ0n) is 12.0. The Balaban J connectivity index is 3.93. The smallest absolute Gasteiger partial charge is 0.470 e. The molecule has 1 aliphatic heterocycles. The number of nitrogens with zero attached hydrogens (tertiary/aromatic N) is 2. The molecule has 0 amide bonds. The van der Waals surface area contributed by atoms with Crippen LogP contribution in [-0.4, -0.2) is 53.6 Å². The van der Waals surface area contributed by atoms with E-state index >= 15 is 0 Å². The van der Waals surface area contributed by atoms with Crippen molar-refractivity contribution in [3.05, 3.63) is 11.7 Å². The fourth-order valence-corrected chi connectivity index (χ4v) is 1.87. The van der Waals surface area contributed by atoms with Crippen LogP contribution in [0.15, 0.2) is 11.7 Å². The second kappa shape index (κ2) is 5.87. The van der Waals surface area contributed by atoms with Gasteiger partial charge in [0.1, 0.15) is 0 Å². The molecule has 0 spiro atoms. The minimum Gasteiger partial charge on any atom is -0.489 e. The van der Waals surface area contributed by atoms with Crippen molar-refractivity contribution >= 4 is 0 Å². The molecule has 0 unspecified atom stereocenters. The second-order valence-corrected chi connectivity index (χ2v) is 4.63. The van der Waals surface area contributed by atoms with E-state index in [4.69, 9.17) is 0 Å². The Hall–Kier alpha value is -1.75. The Morgan fingerprint density at radius 1 is 0.704 bits per heavy atom. The molecule has 18 heteroatoms. The van der Waals surface area contributed by atoms with E-state index in [9.17, 15) is 65.9 Å². The molecule has 0 aromatic carbocycles. The molecule has 1 aliphatic rings. The number of hydrogen-bond donors (Lipinski definition) is 0. The van der Waals surface area contributed by atoms with Crippen LogP contribution in [0.4, 0.5) is 65.9 Å². The fraction of sp³-hybridized carbons (Fsp3) is 0.778. The molecular formula is C9H3F15N2O. The molecule has 0 aliphatic carbocycles. The van der Waals surface area contributed by atoms with Crippen LogP contribution < -0.4 is 0 Å². The quantitative estimate of drug-likeness (QED) is 0.347. The molecule has 0 N–H and O–H groups in total. The molecule has 1 fully saturated rings. The molecule has 160 valence electrons. The van der Waals surface area contributed by atoms with Crippen LogP contribution in [0.2, 0.25) is 0 Å². The molecule has 0 atom stereocenters. The van der Waals surface area contributed by atoms with Gasteiger partial charge in [-0.15, -0.1) is 0 Å². The maximum Gasteiger partial charge on any atom is 0.470 e. The van der Waals surface area contributed by atoms with Crippen LogP contribution >= 0.6 is 0 Å². The molecule has 1 saturated heterocycles. The molecule has 27 heavy (non-hydrogen) atoms. The van der Waals surface area contributed by atoms with Gasteiger partial charge < -0.3 is 4.74 Å². The molecule has 0 saturated carbocycles. The Morgan fingerprint density at radius 2 is 1.04 bits per heavy atom. The minimum absolute atomic E-state index is 0.194. The molecule has 0 bridgehead atoms. The van der Waals surface area contributed by atoms with Crippen molar-refractivity contribution in [2.75, 3.05) is 7.11 Å². The average molecular weight is 440 g/mol. The van der Waals surface area contributed by atoms with Gasteiger partial charge in [-0.1, -0.05) is 4.90 Å². The molecule has 0 aromatic rings. The molecule has 1 rings (SSSR count). The van der Waals surface area contributed by atoms with Crippen LogP contribution in [0.3, 0.4) is 0 Å². The molecule has 0 aromatic heterocycles. The maximum absolute atomic E-state index is 13.6. The molecule has 1 heterocycles. The van der Waals surface area contributed by atoms with E-state index in [1.54, 1.807) is 0 Å². The molecule has 0 radical (unpaired) electrons. The summed E-state index contributed by atoms with van der Waals surface area (Å²) in [5.41, 5.74) is 0. The number of allylic oxidation sites excluding steroid dienone is 1. The van der Waals surface area contributed by atoms with Gasteiger partial charge in [-0.2, -0.15) is 65.9 Å². The topological polar surface area (TPSA) is 15.7 Å². The lowest BCUT2D eigenvalue weighted by molar-refractivity contribution is -0.547. The van der Waals surface area contributed by atoms with Crippen molar-refractivity contribution in [3.63, 3.8) is 0 Å². The summed E-state index contributed by atoms with van der Waals surface area (Å²) in [6.07, 6.45) is -13.5. The van der Waals surface area contributed by atoms with Crippen LogP contribution in [-0.2, 0) is 4.74 Å². The first kappa shape index (κ1) is 23.3. The number of rotatable bonds is 2. The van der Waals surface area contributed by atoms with Crippen LogP contribution in [0.1, 0.15) is 0 Å². The standard InChI is InChI=1S/C9H3F15N2O/c1-27-2(4(11,12)13)3(10)25-5(14,15)7(18,19)26(9(22,23)24)8(20,21)6(25,16)17/h1H3/b3-2-. The monoisotopic (exact) mass is 440 g/mol. The van der Waals surface area contributed by atoms with E-state index < -0.39 is 58.2 Å². The first-order valence-corrected chi connectivity index (χ1v) is 5.79. The summed E-state index contributed by atoms with van der Waals surface area (Å²) in [7, 11) is -0.194. The van der Waals surface area contributed by atoms with Gasteiger partial charge in [0.2, 0.25) is 5.95 Å². The number of piperazine rings is 1. The minimum atomic E-state index is -7.35. The Bertz CT molecular complexity index is 590. The van der Waals surface area contributed by atoms with Gasteiger partial charge in [0, 0.05) is 0 Å². The Labute approximate surface area is 137 Å². The van der Waals surface area contributed by atoms with Crippen molar-refractivity contribution in [2.24, 2.45) is 0 Å². The van der Waals surface area contributed by atoms with E-state index in [2.05, 4.69) is 4.74 Å². The SMILES string of the molecule is CO/C(=C(/F)N1C(F)(F)C(F)(F)N(C(F)(F)F)C(F)(F)C1(F)F)C(F)(F)F. The zero-order chi connectivity index (χ0) is 22.0. The van der Waals surface area contributed by atoms with Crippen molar-refractivity contribution in [3.8, 4) is 0 Å². The van der Waals surface area contributed by atoms with Crippen molar-refractivity contribution < 1.29 is 70.6 Å². The number of halogens is 15. The number of hydrogen-bond acceptors (Lipinski definition) is 3.